The minimum Gasteiger partial charge on any atom is -0.466 e. The maximum atomic E-state index is 12.0. The van der Waals surface area contributed by atoms with Crippen molar-refractivity contribution in [2.24, 2.45) is 0 Å². The molecule has 0 saturated carbocycles. The summed E-state index contributed by atoms with van der Waals surface area (Å²) < 4.78 is 5.47. The van der Waals surface area contributed by atoms with Gasteiger partial charge in [-0.15, -0.1) is 11.8 Å². The summed E-state index contributed by atoms with van der Waals surface area (Å²) in [7, 11) is 2.17. The predicted molar refractivity (Wildman–Crippen MR) is 84.2 cm³/mol. The van der Waals surface area contributed by atoms with Crippen LogP contribution in [0.15, 0.2) is 22.8 Å². The first-order valence-corrected chi connectivity index (χ1v) is 8.64. The molecule has 0 aliphatic carbocycles. The lowest BCUT2D eigenvalue weighted by Gasteiger charge is -2.33. The van der Waals surface area contributed by atoms with E-state index in [0.717, 1.165) is 51.4 Å². The molecule has 2 saturated heterocycles. The van der Waals surface area contributed by atoms with Crippen molar-refractivity contribution in [3.05, 3.63) is 24.2 Å². The van der Waals surface area contributed by atoms with Gasteiger partial charge in [0.05, 0.1) is 12.0 Å². The molecule has 2 fully saturated rings. The fourth-order valence-electron chi connectivity index (χ4n) is 2.90. The van der Waals surface area contributed by atoms with Crippen molar-refractivity contribution in [2.75, 3.05) is 52.1 Å². The van der Waals surface area contributed by atoms with E-state index in [-0.39, 0.29) is 11.3 Å². The first-order valence-electron chi connectivity index (χ1n) is 7.59. The van der Waals surface area contributed by atoms with Crippen LogP contribution in [0.1, 0.15) is 17.6 Å². The van der Waals surface area contributed by atoms with Crippen molar-refractivity contribution in [3.63, 3.8) is 0 Å². The number of piperazine rings is 1. The van der Waals surface area contributed by atoms with Crippen LogP contribution in [0.4, 0.5) is 0 Å². The third-order valence-electron chi connectivity index (χ3n) is 4.22. The van der Waals surface area contributed by atoms with E-state index in [4.69, 9.17) is 4.42 Å². The van der Waals surface area contributed by atoms with Crippen LogP contribution in [0.25, 0.3) is 0 Å². The van der Waals surface area contributed by atoms with Crippen LogP contribution in [-0.4, -0.2) is 72.7 Å². The number of nitrogens with zero attached hydrogens (tertiary/aromatic N) is 3. The zero-order valence-corrected chi connectivity index (χ0v) is 13.3. The standard InChI is InChI=1S/C15H23N3O2S/c1-16-7-9-17(10-8-16)5-3-6-18-14(19)12-21-15(18)13-4-2-11-20-13/h2,4,11,15H,3,5-10,12H2,1H3. The molecule has 6 heteroatoms. The SMILES string of the molecule is CN1CCN(CCCN2C(=O)CSC2c2ccco2)CC1. The van der Waals surface area contributed by atoms with E-state index in [2.05, 4.69) is 16.8 Å². The Kier molecular flexibility index (Phi) is 4.87. The van der Waals surface area contributed by atoms with Gasteiger partial charge < -0.3 is 19.1 Å². The van der Waals surface area contributed by atoms with Gasteiger partial charge >= 0.3 is 0 Å². The molecule has 3 rings (SSSR count). The summed E-state index contributed by atoms with van der Waals surface area (Å²) in [6.45, 7) is 6.47. The van der Waals surface area contributed by atoms with Crippen LogP contribution >= 0.6 is 11.8 Å². The van der Waals surface area contributed by atoms with Crippen LogP contribution in [0.5, 0.6) is 0 Å². The van der Waals surface area contributed by atoms with Crippen molar-refractivity contribution in [3.8, 4) is 0 Å². The summed E-state index contributed by atoms with van der Waals surface area (Å²) in [6.07, 6.45) is 2.72. The van der Waals surface area contributed by atoms with Gasteiger partial charge in [0.1, 0.15) is 11.1 Å². The summed E-state index contributed by atoms with van der Waals surface area (Å²) in [6, 6.07) is 3.85. The molecule has 116 valence electrons. The van der Waals surface area contributed by atoms with Crippen molar-refractivity contribution in [1.29, 1.82) is 0 Å². The summed E-state index contributed by atoms with van der Waals surface area (Å²) in [5.74, 6) is 1.70. The fourth-order valence-corrected chi connectivity index (χ4v) is 4.07. The molecule has 2 aliphatic heterocycles. The monoisotopic (exact) mass is 309 g/mol. The molecule has 1 aromatic heterocycles. The normalized spacial score (nSPS) is 24.9. The minimum absolute atomic E-state index is 0.0694. The number of carbonyl (C=O) groups excluding carboxylic acids is 1. The number of rotatable bonds is 5. The average molecular weight is 309 g/mol. The highest BCUT2D eigenvalue weighted by atomic mass is 32.2. The largest absolute Gasteiger partial charge is 0.466 e. The maximum absolute atomic E-state index is 12.0. The predicted octanol–water partition coefficient (Wildman–Crippen LogP) is 1.49. The Labute approximate surface area is 130 Å². The van der Waals surface area contributed by atoms with Crippen LogP contribution in [0.3, 0.4) is 0 Å². The zero-order chi connectivity index (χ0) is 14.7. The number of likely N-dealkylation sites (N-methyl/N-ethyl adjacent to an activating group) is 1. The van der Waals surface area contributed by atoms with E-state index in [1.165, 1.54) is 0 Å². The van der Waals surface area contributed by atoms with E-state index in [1.807, 2.05) is 17.0 Å². The van der Waals surface area contributed by atoms with Crippen LogP contribution in [-0.2, 0) is 4.79 Å². The van der Waals surface area contributed by atoms with Gasteiger partial charge in [-0.2, -0.15) is 0 Å². The Bertz CT molecular complexity index is 457. The number of thioether (sulfide) groups is 1. The van der Waals surface area contributed by atoms with E-state index >= 15 is 0 Å². The smallest absolute Gasteiger partial charge is 0.233 e. The van der Waals surface area contributed by atoms with Crippen molar-refractivity contribution < 1.29 is 9.21 Å². The van der Waals surface area contributed by atoms with Crippen molar-refractivity contribution >= 4 is 17.7 Å². The topological polar surface area (TPSA) is 39.9 Å². The number of amides is 1. The van der Waals surface area contributed by atoms with E-state index in [9.17, 15) is 4.79 Å². The number of hydrogen-bond donors (Lipinski definition) is 0. The lowest BCUT2D eigenvalue weighted by atomic mass is 10.2. The van der Waals surface area contributed by atoms with E-state index in [0.29, 0.717) is 5.75 Å². The molecule has 0 aromatic carbocycles. The van der Waals surface area contributed by atoms with Gasteiger partial charge in [-0.1, -0.05) is 0 Å². The highest BCUT2D eigenvalue weighted by molar-refractivity contribution is 8.00. The second kappa shape index (κ2) is 6.85. The second-order valence-electron chi connectivity index (χ2n) is 5.76. The van der Waals surface area contributed by atoms with Gasteiger partial charge in [-0.05, 0) is 32.1 Å². The molecule has 1 atom stereocenters. The molecule has 3 heterocycles. The lowest BCUT2D eigenvalue weighted by Crippen LogP contribution is -2.45. The minimum atomic E-state index is 0.0694. The van der Waals surface area contributed by atoms with Gasteiger partial charge in [0, 0.05) is 32.7 Å². The number of hydrogen-bond acceptors (Lipinski definition) is 5. The Morgan fingerprint density at radius 1 is 1.29 bits per heavy atom. The molecule has 0 spiro atoms. The third-order valence-corrected chi connectivity index (χ3v) is 5.44. The molecule has 1 aromatic rings. The Morgan fingerprint density at radius 3 is 2.81 bits per heavy atom. The highest BCUT2D eigenvalue weighted by Crippen LogP contribution is 2.38. The van der Waals surface area contributed by atoms with Crippen molar-refractivity contribution in [1.82, 2.24) is 14.7 Å². The molecular formula is C15H23N3O2S. The molecule has 5 nitrogen and oxygen atoms in total. The average Bonchev–Trinajstić information content (AvgIpc) is 3.12. The first kappa shape index (κ1) is 14.9. The summed E-state index contributed by atoms with van der Waals surface area (Å²) >= 11 is 1.66. The first-order chi connectivity index (χ1) is 10.2. The van der Waals surface area contributed by atoms with Gasteiger partial charge in [0.2, 0.25) is 5.91 Å². The summed E-state index contributed by atoms with van der Waals surface area (Å²) in [5.41, 5.74) is 0. The molecular weight excluding hydrogens is 286 g/mol. The third kappa shape index (κ3) is 3.62. The van der Waals surface area contributed by atoms with E-state index in [1.54, 1.807) is 18.0 Å². The maximum Gasteiger partial charge on any atom is 0.233 e. The summed E-state index contributed by atoms with van der Waals surface area (Å²) in [5, 5.41) is 0.0694. The Hall–Kier alpha value is -0.980. The van der Waals surface area contributed by atoms with Gasteiger partial charge in [0.25, 0.3) is 0 Å². The molecule has 1 amide bonds. The zero-order valence-electron chi connectivity index (χ0n) is 12.5. The molecule has 2 aliphatic rings. The van der Waals surface area contributed by atoms with Gasteiger partial charge in [-0.25, -0.2) is 0 Å². The molecule has 1 unspecified atom stereocenters. The molecule has 0 radical (unpaired) electrons. The van der Waals surface area contributed by atoms with Crippen LogP contribution < -0.4 is 0 Å². The Morgan fingerprint density at radius 2 is 2.10 bits per heavy atom. The van der Waals surface area contributed by atoms with Gasteiger partial charge in [-0.3, -0.25) is 4.79 Å². The Balaban J connectivity index is 1.48. The molecule has 0 N–H and O–H groups in total. The molecule has 21 heavy (non-hydrogen) atoms. The highest BCUT2D eigenvalue weighted by Gasteiger charge is 2.34. The number of furan rings is 1. The fraction of sp³-hybridized carbons (Fsp3) is 0.667. The van der Waals surface area contributed by atoms with Crippen LogP contribution in [0, 0.1) is 0 Å². The van der Waals surface area contributed by atoms with Crippen LogP contribution in [0.2, 0.25) is 0 Å². The number of carbonyl (C=O) groups is 1. The second-order valence-corrected chi connectivity index (χ2v) is 6.83. The summed E-state index contributed by atoms with van der Waals surface area (Å²) in [4.78, 5) is 18.9. The lowest BCUT2D eigenvalue weighted by molar-refractivity contribution is -0.128. The van der Waals surface area contributed by atoms with E-state index < -0.39 is 0 Å². The molecule has 0 bridgehead atoms. The van der Waals surface area contributed by atoms with Gasteiger partial charge in [0.15, 0.2) is 0 Å². The quantitative estimate of drug-likeness (QED) is 0.824. The van der Waals surface area contributed by atoms with Crippen molar-refractivity contribution in [2.45, 2.75) is 11.8 Å².